The van der Waals surface area contributed by atoms with E-state index in [2.05, 4.69) is 10.3 Å². The van der Waals surface area contributed by atoms with E-state index in [0.29, 0.717) is 18.8 Å². The van der Waals surface area contributed by atoms with Gasteiger partial charge in [0.1, 0.15) is 0 Å². The maximum absolute atomic E-state index is 12.1. The van der Waals surface area contributed by atoms with Crippen LogP contribution in [0.5, 0.6) is 11.5 Å². The maximum atomic E-state index is 12.1. The van der Waals surface area contributed by atoms with Crippen molar-refractivity contribution in [3.05, 3.63) is 42.2 Å². The zero-order valence-electron chi connectivity index (χ0n) is 11.8. The van der Waals surface area contributed by atoms with Crippen LogP contribution in [0, 0.1) is 0 Å². The number of ether oxygens (including phenoxy) is 2. The lowest BCUT2D eigenvalue weighted by Crippen LogP contribution is -2.50. The molecule has 0 aliphatic carbocycles. The van der Waals surface area contributed by atoms with Crippen molar-refractivity contribution in [3.8, 4) is 11.5 Å². The predicted molar refractivity (Wildman–Crippen MR) is 77.2 cm³/mol. The van der Waals surface area contributed by atoms with Crippen LogP contribution in [-0.2, 0) is 4.79 Å². The molecular weight excluding hydrogens is 284 g/mol. The fraction of sp³-hybridized carbons (Fsp3) is 0.267. The van der Waals surface area contributed by atoms with E-state index in [0.717, 1.165) is 11.3 Å². The predicted octanol–water partition coefficient (Wildman–Crippen LogP) is 1.10. The van der Waals surface area contributed by atoms with Crippen molar-refractivity contribution in [1.82, 2.24) is 19.9 Å². The van der Waals surface area contributed by atoms with Crippen LogP contribution in [-0.4, -0.2) is 45.7 Å². The molecule has 2 aliphatic heterocycles. The molecule has 0 saturated carbocycles. The van der Waals surface area contributed by atoms with Crippen molar-refractivity contribution in [2.24, 2.45) is 0 Å². The average Bonchev–Trinajstić information content (AvgIpc) is 3.14. The number of rotatable bonds is 3. The van der Waals surface area contributed by atoms with E-state index in [1.807, 2.05) is 24.4 Å². The van der Waals surface area contributed by atoms with Crippen molar-refractivity contribution in [3.63, 3.8) is 0 Å². The second-order valence-electron chi connectivity index (χ2n) is 5.23. The smallest absolute Gasteiger partial charge is 0.246 e. The molecule has 0 atom stereocenters. The van der Waals surface area contributed by atoms with Gasteiger partial charge >= 0.3 is 0 Å². The summed E-state index contributed by atoms with van der Waals surface area (Å²) < 4.78 is 12.4. The third-order valence-corrected chi connectivity index (χ3v) is 3.80. The van der Waals surface area contributed by atoms with E-state index < -0.39 is 0 Å². The molecule has 0 spiro atoms. The molecule has 1 saturated heterocycles. The summed E-state index contributed by atoms with van der Waals surface area (Å²) in [6.45, 7) is 1.57. The quantitative estimate of drug-likeness (QED) is 0.794. The number of aromatic nitrogens is 3. The van der Waals surface area contributed by atoms with Gasteiger partial charge in [0.05, 0.1) is 12.2 Å². The van der Waals surface area contributed by atoms with E-state index in [-0.39, 0.29) is 18.7 Å². The Hall–Kier alpha value is -2.83. The zero-order valence-corrected chi connectivity index (χ0v) is 11.8. The third-order valence-electron chi connectivity index (χ3n) is 3.80. The fourth-order valence-corrected chi connectivity index (χ4v) is 2.50. The largest absolute Gasteiger partial charge is 0.454 e. The van der Waals surface area contributed by atoms with Gasteiger partial charge in [0.25, 0.3) is 0 Å². The average molecular weight is 298 g/mol. The van der Waals surface area contributed by atoms with Crippen LogP contribution in [0.25, 0.3) is 6.08 Å². The summed E-state index contributed by atoms with van der Waals surface area (Å²) in [7, 11) is 0. The third kappa shape index (κ3) is 2.30. The van der Waals surface area contributed by atoms with Crippen molar-refractivity contribution in [1.29, 1.82) is 0 Å². The Balaban J connectivity index is 1.36. The molecule has 112 valence electrons. The lowest BCUT2D eigenvalue weighted by molar-refractivity contribution is -0.131. The Morgan fingerprint density at radius 1 is 1.27 bits per heavy atom. The van der Waals surface area contributed by atoms with Crippen LogP contribution in [0.1, 0.15) is 11.6 Å². The monoisotopic (exact) mass is 298 g/mol. The molecule has 1 amide bonds. The van der Waals surface area contributed by atoms with Crippen LogP contribution < -0.4 is 9.47 Å². The van der Waals surface area contributed by atoms with Crippen LogP contribution in [0.3, 0.4) is 0 Å². The summed E-state index contributed by atoms with van der Waals surface area (Å²) in [5.74, 6) is 1.45. The highest BCUT2D eigenvalue weighted by Gasteiger charge is 2.31. The van der Waals surface area contributed by atoms with E-state index >= 15 is 0 Å². The molecule has 0 N–H and O–H groups in total. The van der Waals surface area contributed by atoms with E-state index in [1.54, 1.807) is 27.9 Å². The van der Waals surface area contributed by atoms with E-state index in [4.69, 9.17) is 9.47 Å². The Labute approximate surface area is 126 Å². The molecule has 0 unspecified atom stereocenters. The summed E-state index contributed by atoms with van der Waals surface area (Å²) >= 11 is 0. The van der Waals surface area contributed by atoms with Gasteiger partial charge in [-0.1, -0.05) is 11.3 Å². The van der Waals surface area contributed by atoms with Crippen LogP contribution in [0.4, 0.5) is 0 Å². The lowest BCUT2D eigenvalue weighted by Gasteiger charge is -2.38. The number of nitrogens with zero attached hydrogens (tertiary/aromatic N) is 4. The molecule has 0 radical (unpaired) electrons. The fourth-order valence-electron chi connectivity index (χ4n) is 2.50. The van der Waals surface area contributed by atoms with Crippen LogP contribution in [0.15, 0.2) is 36.7 Å². The van der Waals surface area contributed by atoms with Gasteiger partial charge in [-0.15, -0.1) is 5.10 Å². The van der Waals surface area contributed by atoms with E-state index in [1.165, 1.54) is 0 Å². The number of amides is 1. The number of hydrogen-bond acceptors (Lipinski definition) is 5. The number of benzene rings is 1. The minimum Gasteiger partial charge on any atom is -0.454 e. The van der Waals surface area contributed by atoms with E-state index in [9.17, 15) is 4.79 Å². The van der Waals surface area contributed by atoms with Crippen molar-refractivity contribution in [2.45, 2.75) is 6.04 Å². The Morgan fingerprint density at radius 2 is 2.14 bits per heavy atom. The topological polar surface area (TPSA) is 69.5 Å². The van der Waals surface area contributed by atoms with Gasteiger partial charge in [0, 0.05) is 25.4 Å². The highest BCUT2D eigenvalue weighted by molar-refractivity contribution is 5.92. The van der Waals surface area contributed by atoms with Gasteiger partial charge in [0.15, 0.2) is 11.5 Å². The Bertz CT molecular complexity index is 720. The molecule has 7 heteroatoms. The molecule has 7 nitrogen and oxygen atoms in total. The maximum Gasteiger partial charge on any atom is 0.246 e. The zero-order chi connectivity index (χ0) is 14.9. The molecular formula is C15H14N4O3. The second kappa shape index (κ2) is 5.18. The second-order valence-corrected chi connectivity index (χ2v) is 5.23. The Morgan fingerprint density at radius 3 is 2.95 bits per heavy atom. The summed E-state index contributed by atoms with van der Waals surface area (Å²) in [5, 5.41) is 7.72. The normalized spacial score (nSPS) is 17.0. The van der Waals surface area contributed by atoms with Crippen molar-refractivity contribution < 1.29 is 14.3 Å². The van der Waals surface area contributed by atoms with Crippen molar-refractivity contribution >= 4 is 12.0 Å². The summed E-state index contributed by atoms with van der Waals surface area (Å²) in [4.78, 5) is 13.9. The van der Waals surface area contributed by atoms with Gasteiger partial charge in [-0.05, 0) is 23.8 Å². The molecule has 3 heterocycles. The molecule has 1 fully saturated rings. The minimum atomic E-state index is -0.00553. The number of carbonyl (C=O) groups is 1. The number of hydrogen-bond donors (Lipinski definition) is 0. The lowest BCUT2D eigenvalue weighted by atomic mass is 10.1. The molecule has 2 aliphatic rings. The molecule has 4 rings (SSSR count). The van der Waals surface area contributed by atoms with Gasteiger partial charge in [0.2, 0.25) is 12.7 Å². The van der Waals surface area contributed by atoms with Gasteiger partial charge in [-0.2, -0.15) is 0 Å². The SMILES string of the molecule is O=C(C=Cc1ccc2c(c1)OCO2)N1CC(n2ccnn2)C1. The first-order chi connectivity index (χ1) is 10.8. The first-order valence-corrected chi connectivity index (χ1v) is 7.02. The molecule has 1 aromatic heterocycles. The van der Waals surface area contributed by atoms with Crippen molar-refractivity contribution in [2.75, 3.05) is 19.9 Å². The number of likely N-dealkylation sites (tertiary alicyclic amines) is 1. The van der Waals surface area contributed by atoms with Crippen LogP contribution >= 0.6 is 0 Å². The molecule has 1 aromatic carbocycles. The molecule has 2 aromatic rings. The highest BCUT2D eigenvalue weighted by atomic mass is 16.7. The summed E-state index contributed by atoms with van der Waals surface area (Å²) in [5.41, 5.74) is 0.908. The molecule has 0 bridgehead atoms. The summed E-state index contributed by atoms with van der Waals surface area (Å²) in [6.07, 6.45) is 6.82. The summed E-state index contributed by atoms with van der Waals surface area (Å²) in [6, 6.07) is 5.83. The first-order valence-electron chi connectivity index (χ1n) is 7.02. The van der Waals surface area contributed by atoms with Gasteiger partial charge in [-0.3, -0.25) is 4.79 Å². The molecule has 22 heavy (non-hydrogen) atoms. The standard InChI is InChI=1S/C15H14N4O3/c20-15(18-8-12(9-18)19-6-5-16-17-19)4-2-11-1-3-13-14(7-11)22-10-21-13/h1-7,12H,8-10H2. The number of carbonyl (C=O) groups excluding carboxylic acids is 1. The first kappa shape index (κ1) is 12.9. The van der Waals surface area contributed by atoms with Crippen LogP contribution in [0.2, 0.25) is 0 Å². The van der Waals surface area contributed by atoms with Gasteiger partial charge < -0.3 is 14.4 Å². The number of fused-ring (bicyclic) bond motifs is 1. The van der Waals surface area contributed by atoms with Gasteiger partial charge in [-0.25, -0.2) is 4.68 Å². The minimum absolute atomic E-state index is 0.00553. The highest BCUT2D eigenvalue weighted by Crippen LogP contribution is 2.32. The Kier molecular flexibility index (Phi) is 3.03.